The summed E-state index contributed by atoms with van der Waals surface area (Å²) in [6.07, 6.45) is 0. The van der Waals surface area contributed by atoms with E-state index in [0.29, 0.717) is 34.7 Å². The Kier molecular flexibility index (Phi) is 10.9. The second kappa shape index (κ2) is 13.9. The van der Waals surface area contributed by atoms with Gasteiger partial charge in [-0.25, -0.2) is 10.5 Å². The summed E-state index contributed by atoms with van der Waals surface area (Å²) in [6.45, 7) is 0. The van der Waals surface area contributed by atoms with Crippen LogP contribution in [-0.4, -0.2) is 47.4 Å². The first-order chi connectivity index (χ1) is 18.2. The second-order valence-electron chi connectivity index (χ2n) is 6.70. The molecule has 3 aromatic carbocycles. The number of hydrogen-bond donors (Lipinski definition) is 5. The third-order valence-electron chi connectivity index (χ3n) is 4.45. The lowest BCUT2D eigenvalue weighted by Gasteiger charge is -2.14. The zero-order valence-electron chi connectivity index (χ0n) is 18.8. The third kappa shape index (κ3) is 7.68. The van der Waals surface area contributed by atoms with Crippen molar-refractivity contribution < 1.29 is 56.3 Å². The zero-order chi connectivity index (χ0) is 27.7. The van der Waals surface area contributed by atoms with Crippen LogP contribution in [0.15, 0.2) is 67.4 Å². The summed E-state index contributed by atoms with van der Waals surface area (Å²) < 4.78 is 47.4. The van der Waals surface area contributed by atoms with Crippen LogP contribution in [-0.2, 0) is 37.8 Å². The molecule has 0 aliphatic carbocycles. The minimum atomic E-state index is -4.73. The van der Waals surface area contributed by atoms with Gasteiger partial charge in [0.1, 0.15) is 16.3 Å². The highest BCUT2D eigenvalue weighted by molar-refractivity contribution is 7.96. The van der Waals surface area contributed by atoms with Crippen molar-refractivity contribution in [2.24, 2.45) is 10.2 Å². The van der Waals surface area contributed by atoms with Crippen LogP contribution in [0.2, 0.25) is 0 Å². The molecule has 0 aliphatic rings. The first-order valence-corrected chi connectivity index (χ1v) is 13.6. The second-order valence-corrected chi connectivity index (χ2v) is 10.3. The van der Waals surface area contributed by atoms with Gasteiger partial charge in [0, 0.05) is 34.8 Å². The Balaban J connectivity index is 1.90. The number of phenols is 1. The van der Waals surface area contributed by atoms with E-state index in [1.807, 2.05) is 0 Å². The number of benzene rings is 3. The Labute approximate surface area is 227 Å². The summed E-state index contributed by atoms with van der Waals surface area (Å²) in [5, 5.41) is 45.1. The number of nitrogens with zero attached hydrogens (tertiary/aromatic N) is 2. The fourth-order valence-corrected chi connectivity index (χ4v) is 5.17. The molecule has 19 heteroatoms. The quantitative estimate of drug-likeness (QED) is 0.0416. The topological polar surface area (TPSA) is 215 Å². The maximum atomic E-state index is 12.1. The van der Waals surface area contributed by atoms with E-state index < -0.39 is 26.7 Å². The van der Waals surface area contributed by atoms with Crippen LogP contribution in [0, 0.1) is 0 Å². The Bertz CT molecular complexity index is 1420. The largest absolute Gasteiger partial charge is 0.505 e. The average molecular weight is 608 g/mol. The maximum absolute atomic E-state index is 12.1. The van der Waals surface area contributed by atoms with E-state index in [2.05, 4.69) is 34.3 Å². The molecule has 0 saturated carbocycles. The van der Waals surface area contributed by atoms with Crippen molar-refractivity contribution in [3.63, 3.8) is 0 Å². The van der Waals surface area contributed by atoms with E-state index >= 15 is 0 Å². The molecular formula is C19H17N3O12S4. The summed E-state index contributed by atoms with van der Waals surface area (Å²) in [5.41, 5.74) is 0.236. The predicted octanol–water partition coefficient (Wildman–Crippen LogP) is 5.30. The summed E-state index contributed by atoms with van der Waals surface area (Å²) in [4.78, 5) is 11.6. The van der Waals surface area contributed by atoms with Gasteiger partial charge in [0.2, 0.25) is 0 Å². The third-order valence-corrected chi connectivity index (χ3v) is 7.27. The van der Waals surface area contributed by atoms with Crippen LogP contribution in [0.3, 0.4) is 0 Å². The average Bonchev–Trinajstić information content (AvgIpc) is 2.89. The van der Waals surface area contributed by atoms with Crippen molar-refractivity contribution in [3.8, 4) is 5.75 Å². The molecule has 0 saturated heterocycles. The SMILES string of the molecule is CNc1ccc2c(O)c(N=Nc3ccc(SOC(=O)CSOOO)cc3)c(SOOO)cc2c1S(=O)(=O)O. The van der Waals surface area contributed by atoms with E-state index in [4.69, 9.17) is 14.7 Å². The number of rotatable bonds is 13. The number of nitrogens with one attached hydrogen (secondary N) is 1. The molecule has 0 atom stereocenters. The molecule has 0 unspecified atom stereocenters. The molecule has 3 aromatic rings. The molecule has 0 fully saturated rings. The van der Waals surface area contributed by atoms with Gasteiger partial charge in [-0.05, 0) is 42.5 Å². The van der Waals surface area contributed by atoms with Gasteiger partial charge in [-0.2, -0.15) is 13.5 Å². The smallest absolute Gasteiger partial charge is 0.330 e. The lowest BCUT2D eigenvalue weighted by molar-refractivity contribution is -0.432. The monoisotopic (exact) mass is 607 g/mol. The van der Waals surface area contributed by atoms with Crippen LogP contribution in [0.1, 0.15) is 0 Å². The Morgan fingerprint density at radius 1 is 1.00 bits per heavy atom. The first kappa shape index (κ1) is 29.9. The Hall–Kier alpha value is -2.69. The fourth-order valence-electron chi connectivity index (χ4n) is 2.97. The molecular weight excluding hydrogens is 590 g/mol. The lowest BCUT2D eigenvalue weighted by atomic mass is 10.1. The number of hydrogen-bond acceptors (Lipinski definition) is 17. The highest BCUT2D eigenvalue weighted by atomic mass is 32.2. The van der Waals surface area contributed by atoms with Crippen LogP contribution in [0.4, 0.5) is 17.1 Å². The number of azo groups is 1. The number of aromatic hydroxyl groups is 1. The van der Waals surface area contributed by atoms with Crippen molar-refractivity contribution >= 4 is 80.1 Å². The van der Waals surface area contributed by atoms with Crippen molar-refractivity contribution in [1.29, 1.82) is 0 Å². The normalized spacial score (nSPS) is 11.8. The van der Waals surface area contributed by atoms with Gasteiger partial charge < -0.3 is 14.6 Å². The maximum Gasteiger partial charge on any atom is 0.330 e. The van der Waals surface area contributed by atoms with Crippen molar-refractivity contribution in [2.75, 3.05) is 18.1 Å². The minimum Gasteiger partial charge on any atom is -0.505 e. The van der Waals surface area contributed by atoms with Gasteiger partial charge in [-0.3, -0.25) is 9.35 Å². The summed E-state index contributed by atoms with van der Waals surface area (Å²) >= 11 is 1.69. The standard InChI is InChI=1S/C19H17N3O12S4/c1-20-14-7-6-12-13(19(14)38(27,28)29)8-15(37-34-32-26)17(18(12)24)22-21-10-2-4-11(5-3-10)36-30-16(23)9-35-33-31-25/h2-8,20,24-26H,9H2,1H3,(H,27,28,29). The minimum absolute atomic E-state index is 0.0153. The molecule has 0 aliphatic heterocycles. The number of anilines is 1. The molecule has 204 valence electrons. The number of carbonyl (C=O) groups is 1. The van der Waals surface area contributed by atoms with E-state index in [1.54, 1.807) is 12.1 Å². The van der Waals surface area contributed by atoms with E-state index in [0.717, 1.165) is 12.0 Å². The lowest BCUT2D eigenvalue weighted by Crippen LogP contribution is -2.04. The molecule has 38 heavy (non-hydrogen) atoms. The fraction of sp³-hybridized carbons (Fsp3) is 0.105. The molecule has 3 rings (SSSR count). The highest BCUT2D eigenvalue weighted by Crippen LogP contribution is 2.46. The predicted molar refractivity (Wildman–Crippen MR) is 135 cm³/mol. The van der Waals surface area contributed by atoms with Gasteiger partial charge in [0.05, 0.1) is 40.4 Å². The summed E-state index contributed by atoms with van der Waals surface area (Å²) in [6, 6.07) is 10.2. The number of fused-ring (bicyclic) bond motifs is 1. The highest BCUT2D eigenvalue weighted by Gasteiger charge is 2.24. The van der Waals surface area contributed by atoms with Gasteiger partial charge in [0.15, 0.2) is 5.75 Å². The molecule has 0 radical (unpaired) electrons. The first-order valence-electron chi connectivity index (χ1n) is 9.81. The molecule has 5 N–H and O–H groups in total. The zero-order valence-corrected chi connectivity index (χ0v) is 22.1. The van der Waals surface area contributed by atoms with E-state index in [-0.39, 0.29) is 32.8 Å². The molecule has 0 spiro atoms. The van der Waals surface area contributed by atoms with Crippen LogP contribution >= 0.6 is 36.1 Å². The van der Waals surface area contributed by atoms with E-state index in [1.165, 1.54) is 37.4 Å². The molecule has 0 bridgehead atoms. The Morgan fingerprint density at radius 3 is 2.34 bits per heavy atom. The van der Waals surface area contributed by atoms with Crippen LogP contribution in [0.25, 0.3) is 10.8 Å². The van der Waals surface area contributed by atoms with Crippen molar-refractivity contribution in [2.45, 2.75) is 14.7 Å². The van der Waals surface area contributed by atoms with E-state index in [9.17, 15) is 22.9 Å². The number of carbonyl (C=O) groups excluding carboxylic acids is 1. The van der Waals surface area contributed by atoms with Gasteiger partial charge in [0.25, 0.3) is 10.1 Å². The number of phenolic OH excluding ortho intramolecular Hbond substituents is 1. The summed E-state index contributed by atoms with van der Waals surface area (Å²) in [5.74, 6) is -1.37. The Morgan fingerprint density at radius 2 is 1.71 bits per heavy atom. The molecule has 0 heterocycles. The van der Waals surface area contributed by atoms with Gasteiger partial charge in [-0.1, -0.05) is 10.1 Å². The van der Waals surface area contributed by atoms with Crippen molar-refractivity contribution in [1.82, 2.24) is 0 Å². The van der Waals surface area contributed by atoms with Crippen LogP contribution < -0.4 is 5.32 Å². The summed E-state index contributed by atoms with van der Waals surface area (Å²) in [7, 11) is -3.28. The van der Waals surface area contributed by atoms with Gasteiger partial charge >= 0.3 is 5.97 Å². The van der Waals surface area contributed by atoms with Gasteiger partial charge in [-0.15, -0.1) is 13.8 Å². The van der Waals surface area contributed by atoms with Crippen molar-refractivity contribution in [3.05, 3.63) is 42.5 Å². The molecule has 0 amide bonds. The van der Waals surface area contributed by atoms with Crippen LogP contribution in [0.5, 0.6) is 5.75 Å². The molecule has 15 nitrogen and oxygen atoms in total. The molecule has 0 aromatic heterocycles.